The van der Waals surface area contributed by atoms with Gasteiger partial charge in [0.05, 0.1) is 13.5 Å². The summed E-state index contributed by atoms with van der Waals surface area (Å²) < 4.78 is 5.10. The Hall–Kier alpha value is -1.85. The zero-order valence-electron chi connectivity index (χ0n) is 11.2. The lowest BCUT2D eigenvalue weighted by Crippen LogP contribution is -2.33. The van der Waals surface area contributed by atoms with Crippen LogP contribution >= 0.6 is 0 Å². The highest BCUT2D eigenvalue weighted by molar-refractivity contribution is 5.67. The molecule has 1 aromatic heterocycles. The van der Waals surface area contributed by atoms with Gasteiger partial charge < -0.3 is 14.7 Å². The molecule has 1 N–H and O–H groups in total. The lowest BCUT2D eigenvalue weighted by atomic mass is 10.2. The molecular weight excluding hydrogens is 234 g/mol. The highest BCUT2D eigenvalue weighted by atomic mass is 16.5. The Labute approximate surface area is 107 Å². The summed E-state index contributed by atoms with van der Waals surface area (Å²) in [5.41, 5.74) is 0. The van der Waals surface area contributed by atoms with Crippen molar-refractivity contribution in [3.05, 3.63) is 11.9 Å². The molecule has 1 aromatic rings. The van der Waals surface area contributed by atoms with E-state index in [1.54, 1.807) is 20.1 Å². The molecule has 0 spiro atoms. The predicted octanol–water partition coefficient (Wildman–Crippen LogP) is 1.48. The third-order valence-electron chi connectivity index (χ3n) is 2.49. The second kappa shape index (κ2) is 6.18. The van der Waals surface area contributed by atoms with Crippen LogP contribution in [0.15, 0.2) is 6.07 Å². The number of anilines is 1. The van der Waals surface area contributed by atoms with Gasteiger partial charge in [-0.3, -0.25) is 4.79 Å². The summed E-state index contributed by atoms with van der Waals surface area (Å²) >= 11 is 0. The summed E-state index contributed by atoms with van der Waals surface area (Å²) in [5.74, 6) is 0.956. The molecule has 0 amide bonds. The molecule has 100 valence electrons. The topological polar surface area (TPSA) is 75.5 Å². The fourth-order valence-corrected chi connectivity index (χ4v) is 1.63. The number of hydrogen-bond donors (Lipinski definition) is 1. The zero-order chi connectivity index (χ0) is 13.7. The number of carboxylic acid groups (broad SMARTS) is 1. The molecule has 0 unspecified atom stereocenters. The van der Waals surface area contributed by atoms with Crippen molar-refractivity contribution in [1.29, 1.82) is 0 Å². The quantitative estimate of drug-likeness (QED) is 0.827. The maximum Gasteiger partial charge on any atom is 0.305 e. The summed E-state index contributed by atoms with van der Waals surface area (Å²) in [5, 5.41) is 8.76. The van der Waals surface area contributed by atoms with Crippen molar-refractivity contribution in [2.45, 2.75) is 33.2 Å². The Morgan fingerprint density at radius 2 is 2.17 bits per heavy atom. The van der Waals surface area contributed by atoms with Crippen molar-refractivity contribution >= 4 is 11.8 Å². The van der Waals surface area contributed by atoms with Crippen molar-refractivity contribution in [1.82, 2.24) is 9.97 Å². The monoisotopic (exact) mass is 253 g/mol. The number of aryl methyl sites for hydroxylation is 1. The number of rotatable bonds is 6. The lowest BCUT2D eigenvalue weighted by molar-refractivity contribution is -0.136. The molecule has 0 saturated heterocycles. The third-order valence-corrected chi connectivity index (χ3v) is 2.49. The standard InChI is InChI=1S/C12H19N3O3/c1-8(2)15(6-5-12(16)17)10-7-11(18-4)14-9(3)13-10/h7-8H,5-6H2,1-4H3,(H,16,17). The van der Waals surface area contributed by atoms with Crippen LogP contribution in [-0.4, -0.2) is 40.7 Å². The minimum atomic E-state index is -0.821. The van der Waals surface area contributed by atoms with E-state index in [4.69, 9.17) is 9.84 Å². The molecule has 0 aliphatic rings. The zero-order valence-corrected chi connectivity index (χ0v) is 11.2. The van der Waals surface area contributed by atoms with E-state index in [1.165, 1.54) is 0 Å². The summed E-state index contributed by atoms with van der Waals surface area (Å²) in [6.07, 6.45) is 0.0730. The van der Waals surface area contributed by atoms with Gasteiger partial charge in [-0.2, -0.15) is 4.98 Å². The van der Waals surface area contributed by atoms with E-state index in [1.807, 2.05) is 18.7 Å². The first-order chi connectivity index (χ1) is 8.43. The van der Waals surface area contributed by atoms with Gasteiger partial charge in [0.2, 0.25) is 5.88 Å². The fraction of sp³-hybridized carbons (Fsp3) is 0.583. The van der Waals surface area contributed by atoms with Gasteiger partial charge in [0.1, 0.15) is 11.6 Å². The normalized spacial score (nSPS) is 10.5. The Balaban J connectivity index is 2.97. The summed E-state index contributed by atoms with van der Waals surface area (Å²) in [6, 6.07) is 1.87. The molecule has 0 aromatic carbocycles. The highest BCUT2D eigenvalue weighted by Crippen LogP contribution is 2.19. The molecule has 6 nitrogen and oxygen atoms in total. The van der Waals surface area contributed by atoms with E-state index in [2.05, 4.69) is 9.97 Å². The fourth-order valence-electron chi connectivity index (χ4n) is 1.63. The number of methoxy groups -OCH3 is 1. The van der Waals surface area contributed by atoms with Crippen LogP contribution in [0.1, 0.15) is 26.1 Å². The average molecular weight is 253 g/mol. The number of ether oxygens (including phenoxy) is 1. The van der Waals surface area contributed by atoms with Crippen molar-refractivity contribution in [2.24, 2.45) is 0 Å². The van der Waals surface area contributed by atoms with Crippen LogP contribution in [0.3, 0.4) is 0 Å². The van der Waals surface area contributed by atoms with Crippen LogP contribution in [-0.2, 0) is 4.79 Å². The van der Waals surface area contributed by atoms with Crippen LogP contribution in [0.25, 0.3) is 0 Å². The molecule has 18 heavy (non-hydrogen) atoms. The van der Waals surface area contributed by atoms with Gasteiger partial charge in [-0.15, -0.1) is 0 Å². The number of hydrogen-bond acceptors (Lipinski definition) is 5. The van der Waals surface area contributed by atoms with E-state index < -0.39 is 5.97 Å². The van der Waals surface area contributed by atoms with Crippen LogP contribution in [0.5, 0.6) is 5.88 Å². The Bertz CT molecular complexity index is 421. The first-order valence-corrected chi connectivity index (χ1v) is 5.82. The molecule has 0 fully saturated rings. The molecule has 0 aliphatic carbocycles. The second-order valence-electron chi connectivity index (χ2n) is 4.25. The van der Waals surface area contributed by atoms with Crippen molar-refractivity contribution in [3.63, 3.8) is 0 Å². The van der Waals surface area contributed by atoms with E-state index in [0.29, 0.717) is 24.1 Å². The number of aliphatic carboxylic acids is 1. The van der Waals surface area contributed by atoms with E-state index >= 15 is 0 Å². The largest absolute Gasteiger partial charge is 0.481 e. The van der Waals surface area contributed by atoms with Gasteiger partial charge in [0.25, 0.3) is 0 Å². The molecule has 1 rings (SSSR count). The Kier molecular flexibility index (Phi) is 4.88. The number of carboxylic acids is 1. The van der Waals surface area contributed by atoms with Crippen molar-refractivity contribution < 1.29 is 14.6 Å². The van der Waals surface area contributed by atoms with Crippen LogP contribution in [0.4, 0.5) is 5.82 Å². The SMILES string of the molecule is COc1cc(N(CCC(=O)O)C(C)C)nc(C)n1. The number of nitrogens with zero attached hydrogens (tertiary/aromatic N) is 3. The van der Waals surface area contributed by atoms with E-state index in [9.17, 15) is 4.79 Å². The minimum absolute atomic E-state index is 0.0730. The van der Waals surface area contributed by atoms with E-state index in [-0.39, 0.29) is 12.5 Å². The number of aromatic nitrogens is 2. The van der Waals surface area contributed by atoms with Crippen molar-refractivity contribution in [3.8, 4) is 5.88 Å². The maximum atomic E-state index is 10.7. The summed E-state index contributed by atoms with van der Waals surface area (Å²) in [4.78, 5) is 21.0. The minimum Gasteiger partial charge on any atom is -0.481 e. The first-order valence-electron chi connectivity index (χ1n) is 5.82. The van der Waals surface area contributed by atoms with Gasteiger partial charge in [-0.1, -0.05) is 0 Å². The van der Waals surface area contributed by atoms with Gasteiger partial charge in [0, 0.05) is 18.7 Å². The third kappa shape index (κ3) is 3.87. The predicted molar refractivity (Wildman–Crippen MR) is 68.1 cm³/mol. The van der Waals surface area contributed by atoms with Gasteiger partial charge in [-0.25, -0.2) is 4.98 Å². The molecule has 6 heteroatoms. The Morgan fingerprint density at radius 3 is 2.67 bits per heavy atom. The molecule has 0 atom stereocenters. The molecule has 0 aliphatic heterocycles. The van der Waals surface area contributed by atoms with Crippen LogP contribution in [0.2, 0.25) is 0 Å². The van der Waals surface area contributed by atoms with Crippen LogP contribution < -0.4 is 9.64 Å². The molecule has 0 saturated carbocycles. The molecule has 0 bridgehead atoms. The van der Waals surface area contributed by atoms with Crippen molar-refractivity contribution in [2.75, 3.05) is 18.6 Å². The van der Waals surface area contributed by atoms with Crippen LogP contribution in [0, 0.1) is 6.92 Å². The molecular formula is C12H19N3O3. The summed E-state index contributed by atoms with van der Waals surface area (Å²) in [7, 11) is 1.54. The molecule has 0 radical (unpaired) electrons. The van der Waals surface area contributed by atoms with Gasteiger partial charge >= 0.3 is 5.97 Å². The van der Waals surface area contributed by atoms with E-state index in [0.717, 1.165) is 0 Å². The van der Waals surface area contributed by atoms with Gasteiger partial charge in [0.15, 0.2) is 0 Å². The Morgan fingerprint density at radius 1 is 1.50 bits per heavy atom. The highest BCUT2D eigenvalue weighted by Gasteiger charge is 2.15. The summed E-state index contributed by atoms with van der Waals surface area (Å²) in [6.45, 7) is 6.17. The maximum absolute atomic E-state index is 10.7. The molecule has 1 heterocycles. The smallest absolute Gasteiger partial charge is 0.305 e. The second-order valence-corrected chi connectivity index (χ2v) is 4.25. The first kappa shape index (κ1) is 14.2. The number of carbonyl (C=O) groups is 1. The average Bonchev–Trinajstić information content (AvgIpc) is 2.27. The lowest BCUT2D eigenvalue weighted by Gasteiger charge is -2.27. The van der Waals surface area contributed by atoms with Gasteiger partial charge in [-0.05, 0) is 20.8 Å².